The van der Waals surface area contributed by atoms with E-state index in [1.165, 1.54) is 25.7 Å². The van der Waals surface area contributed by atoms with Gasteiger partial charge in [-0.3, -0.25) is 9.89 Å². The summed E-state index contributed by atoms with van der Waals surface area (Å²) in [6.45, 7) is 9.57. The number of aliphatic imine (C=N–C) groups is 1. The summed E-state index contributed by atoms with van der Waals surface area (Å²) in [5.41, 5.74) is 0. The largest absolute Gasteiger partial charge is 0.354 e. The normalized spacial score (nSPS) is 33.2. The quantitative estimate of drug-likeness (QED) is 0.557. The minimum atomic E-state index is -2.83. The van der Waals surface area contributed by atoms with Crippen LogP contribution in [0, 0.1) is 11.8 Å². The summed E-state index contributed by atoms with van der Waals surface area (Å²) in [5, 5.41) is 7.29. The van der Waals surface area contributed by atoms with E-state index in [4.69, 9.17) is 4.99 Å². The Morgan fingerprint density at radius 3 is 2.46 bits per heavy atom. The van der Waals surface area contributed by atoms with E-state index in [9.17, 15) is 8.42 Å². The number of rotatable bonds is 5. The molecule has 7 heteroatoms. The predicted octanol–water partition coefficient (Wildman–Crippen LogP) is 1.63. The highest BCUT2D eigenvalue weighted by molar-refractivity contribution is 7.91. The van der Waals surface area contributed by atoms with Gasteiger partial charge in [-0.2, -0.15) is 0 Å². The van der Waals surface area contributed by atoms with E-state index in [1.54, 1.807) is 0 Å². The van der Waals surface area contributed by atoms with Crippen LogP contribution in [0.1, 0.15) is 52.9 Å². The second-order valence-corrected chi connectivity index (χ2v) is 11.1. The summed E-state index contributed by atoms with van der Waals surface area (Å²) in [7, 11) is -2.83. The van der Waals surface area contributed by atoms with Gasteiger partial charge in [-0.15, -0.1) is 0 Å². The Kier molecular flexibility index (Phi) is 6.49. The molecule has 2 aliphatic heterocycles. The van der Waals surface area contributed by atoms with Crippen LogP contribution in [-0.2, 0) is 9.84 Å². The fourth-order valence-corrected chi connectivity index (χ4v) is 6.27. The Morgan fingerprint density at radius 2 is 1.88 bits per heavy atom. The number of likely N-dealkylation sites (tertiary alicyclic amines) is 1. The molecule has 0 amide bonds. The van der Waals surface area contributed by atoms with E-state index in [2.05, 4.69) is 36.3 Å². The van der Waals surface area contributed by atoms with Crippen LogP contribution in [0.4, 0.5) is 0 Å². The van der Waals surface area contributed by atoms with Crippen molar-refractivity contribution < 1.29 is 8.42 Å². The molecule has 0 spiro atoms. The topological polar surface area (TPSA) is 73.8 Å². The highest BCUT2D eigenvalue weighted by Crippen LogP contribution is 2.21. The molecule has 2 N–H and O–H groups in total. The van der Waals surface area contributed by atoms with Crippen LogP contribution >= 0.6 is 0 Å². The van der Waals surface area contributed by atoms with Crippen molar-refractivity contribution in [3.8, 4) is 0 Å². The van der Waals surface area contributed by atoms with Crippen LogP contribution in [0.15, 0.2) is 4.99 Å². The lowest BCUT2D eigenvalue weighted by molar-refractivity contribution is 0.265. The summed E-state index contributed by atoms with van der Waals surface area (Å²) in [4.78, 5) is 7.33. The van der Waals surface area contributed by atoms with Gasteiger partial charge in [0.25, 0.3) is 0 Å². The summed E-state index contributed by atoms with van der Waals surface area (Å²) in [6, 6.07) is 1.47. The van der Waals surface area contributed by atoms with Gasteiger partial charge in [-0.25, -0.2) is 8.42 Å². The van der Waals surface area contributed by atoms with Gasteiger partial charge in [0.15, 0.2) is 15.8 Å². The highest BCUT2D eigenvalue weighted by Gasteiger charge is 2.32. The van der Waals surface area contributed by atoms with E-state index in [-0.39, 0.29) is 5.92 Å². The number of guanidine groups is 1. The maximum absolute atomic E-state index is 11.7. The number of nitrogens with zero attached hydrogens (tertiary/aromatic N) is 2. The molecule has 3 rings (SSSR count). The van der Waals surface area contributed by atoms with Crippen molar-refractivity contribution in [3.63, 3.8) is 0 Å². The molecule has 0 aromatic heterocycles. The first kappa shape index (κ1) is 19.9. The van der Waals surface area contributed by atoms with Crippen molar-refractivity contribution >= 4 is 15.8 Å². The number of sulfone groups is 1. The Balaban J connectivity index is 1.62. The average molecular weight is 385 g/mol. The van der Waals surface area contributed by atoms with Crippen molar-refractivity contribution in [3.05, 3.63) is 0 Å². The molecule has 3 fully saturated rings. The Morgan fingerprint density at radius 1 is 1.15 bits per heavy atom. The van der Waals surface area contributed by atoms with Crippen LogP contribution in [0.5, 0.6) is 0 Å². The van der Waals surface area contributed by atoms with E-state index < -0.39 is 9.84 Å². The molecule has 6 nitrogen and oxygen atoms in total. The Hall–Kier alpha value is -0.820. The van der Waals surface area contributed by atoms with E-state index in [0.717, 1.165) is 25.5 Å². The molecule has 2 heterocycles. The van der Waals surface area contributed by atoms with Crippen LogP contribution < -0.4 is 10.6 Å². The third-order valence-electron chi connectivity index (χ3n) is 6.22. The van der Waals surface area contributed by atoms with Crippen molar-refractivity contribution in [2.45, 2.75) is 71.0 Å². The average Bonchev–Trinajstić information content (AvgIpc) is 3.27. The van der Waals surface area contributed by atoms with Crippen LogP contribution in [0.25, 0.3) is 0 Å². The third-order valence-corrected chi connectivity index (χ3v) is 8.06. The molecule has 2 saturated heterocycles. The number of hydrogen-bond acceptors (Lipinski definition) is 4. The first-order valence-corrected chi connectivity index (χ1v) is 12.2. The molecule has 0 radical (unpaired) electrons. The maximum Gasteiger partial charge on any atom is 0.191 e. The summed E-state index contributed by atoms with van der Waals surface area (Å²) < 4.78 is 23.4. The maximum atomic E-state index is 11.7. The lowest BCUT2D eigenvalue weighted by Crippen LogP contribution is -2.49. The third kappa shape index (κ3) is 5.35. The van der Waals surface area contributed by atoms with Gasteiger partial charge in [0.2, 0.25) is 0 Å². The van der Waals surface area contributed by atoms with Crippen LogP contribution in [0.2, 0.25) is 0 Å². The van der Waals surface area contributed by atoms with Gasteiger partial charge in [0, 0.05) is 37.8 Å². The fourth-order valence-electron chi connectivity index (χ4n) is 4.42. The molecule has 1 aliphatic carbocycles. The molecule has 3 unspecified atom stereocenters. The highest BCUT2D eigenvalue weighted by atomic mass is 32.2. The second-order valence-electron chi connectivity index (χ2n) is 8.86. The van der Waals surface area contributed by atoms with E-state index in [0.29, 0.717) is 42.1 Å². The van der Waals surface area contributed by atoms with Crippen LogP contribution in [0.3, 0.4) is 0 Å². The summed E-state index contributed by atoms with van der Waals surface area (Å²) in [6.07, 6.45) is 5.73. The van der Waals surface area contributed by atoms with Gasteiger partial charge >= 0.3 is 0 Å². The lowest BCUT2D eigenvalue weighted by Gasteiger charge is -2.24. The molecule has 26 heavy (non-hydrogen) atoms. The molecule has 0 aromatic carbocycles. The van der Waals surface area contributed by atoms with E-state index in [1.807, 2.05) is 0 Å². The fraction of sp³-hybridized carbons (Fsp3) is 0.947. The molecule has 3 atom stereocenters. The minimum absolute atomic E-state index is 0.176. The molecular weight excluding hydrogens is 348 g/mol. The van der Waals surface area contributed by atoms with Gasteiger partial charge in [-0.05, 0) is 44.9 Å². The van der Waals surface area contributed by atoms with E-state index >= 15 is 0 Å². The van der Waals surface area contributed by atoms with Crippen molar-refractivity contribution in [2.24, 2.45) is 16.8 Å². The first-order valence-electron chi connectivity index (χ1n) is 10.3. The zero-order chi connectivity index (χ0) is 18.7. The molecule has 1 saturated carbocycles. The Labute approximate surface area is 159 Å². The second kappa shape index (κ2) is 8.46. The van der Waals surface area contributed by atoms with Gasteiger partial charge in [-0.1, -0.05) is 19.8 Å². The molecule has 0 aromatic rings. The first-order chi connectivity index (χ1) is 12.3. The Bertz CT molecular complexity index is 599. The van der Waals surface area contributed by atoms with Crippen molar-refractivity contribution in [1.82, 2.24) is 15.5 Å². The van der Waals surface area contributed by atoms with Crippen molar-refractivity contribution in [2.75, 3.05) is 31.1 Å². The minimum Gasteiger partial charge on any atom is -0.354 e. The molecular formula is C19H36N4O2S. The standard InChI is InChI=1S/C19H36N4O2S/c1-14(2)23-11-15(3)18(12-23)22-19(21-17-6-4-5-7-17)20-10-16-8-9-26(24,25)13-16/h14-18H,4-13H2,1-3H3,(H2,20,21,22). The summed E-state index contributed by atoms with van der Waals surface area (Å²) in [5.74, 6) is 2.28. The molecule has 0 bridgehead atoms. The molecule has 150 valence electrons. The lowest BCUT2D eigenvalue weighted by atomic mass is 10.1. The van der Waals surface area contributed by atoms with Gasteiger partial charge in [0.05, 0.1) is 11.5 Å². The number of hydrogen-bond donors (Lipinski definition) is 2. The monoisotopic (exact) mass is 384 g/mol. The van der Waals surface area contributed by atoms with Gasteiger partial charge in [0.1, 0.15) is 0 Å². The predicted molar refractivity (Wildman–Crippen MR) is 107 cm³/mol. The SMILES string of the molecule is CC1CN(C(C)C)CC1NC(=NCC1CCS(=O)(=O)C1)NC1CCCC1. The zero-order valence-electron chi connectivity index (χ0n) is 16.6. The zero-order valence-corrected chi connectivity index (χ0v) is 17.4. The smallest absolute Gasteiger partial charge is 0.191 e. The molecule has 3 aliphatic rings. The summed E-state index contributed by atoms with van der Waals surface area (Å²) >= 11 is 0. The van der Waals surface area contributed by atoms with Crippen molar-refractivity contribution in [1.29, 1.82) is 0 Å². The number of nitrogens with one attached hydrogen (secondary N) is 2. The van der Waals surface area contributed by atoms with Gasteiger partial charge < -0.3 is 10.6 Å². The van der Waals surface area contributed by atoms with Crippen LogP contribution in [-0.4, -0.2) is 68.5 Å².